The van der Waals surface area contributed by atoms with Crippen molar-refractivity contribution in [3.8, 4) is 0 Å². The van der Waals surface area contributed by atoms with E-state index >= 15 is 0 Å². The van der Waals surface area contributed by atoms with Crippen LogP contribution in [0.1, 0.15) is 27.2 Å². The minimum Gasteiger partial charge on any atom is -0.355 e. The molecule has 0 saturated carbocycles. The first-order valence-corrected chi connectivity index (χ1v) is 7.25. The molecule has 1 fully saturated rings. The highest BCUT2D eigenvalue weighted by Crippen LogP contribution is 2.17. The first kappa shape index (κ1) is 27.1. The standard InChI is InChI=1S/C14H30N4O.3ClH/c1-14(2,3)12(15)13(19)16-6-5-7-18-10-8-17(4)9-11-18;;;/h12H,5-11,15H2,1-4H3,(H,16,19);3*1H/t12-;;;/m1.../s1. The van der Waals surface area contributed by atoms with Gasteiger partial charge in [-0.1, -0.05) is 20.8 Å². The average molecular weight is 380 g/mol. The Bertz CT molecular complexity index is 292. The van der Waals surface area contributed by atoms with E-state index in [4.69, 9.17) is 5.73 Å². The van der Waals surface area contributed by atoms with Crippen molar-refractivity contribution in [2.45, 2.75) is 33.2 Å². The number of hydrogen-bond donors (Lipinski definition) is 2. The molecule has 0 aromatic rings. The van der Waals surface area contributed by atoms with E-state index in [1.54, 1.807) is 0 Å². The number of likely N-dealkylation sites (N-methyl/N-ethyl adjacent to an activating group) is 1. The summed E-state index contributed by atoms with van der Waals surface area (Å²) in [6.45, 7) is 12.3. The predicted molar refractivity (Wildman–Crippen MR) is 101 cm³/mol. The molecule has 8 heteroatoms. The molecule has 1 saturated heterocycles. The quantitative estimate of drug-likeness (QED) is 0.708. The third-order valence-corrected chi connectivity index (χ3v) is 3.76. The minimum atomic E-state index is -0.434. The van der Waals surface area contributed by atoms with Crippen molar-refractivity contribution in [1.29, 1.82) is 0 Å². The Balaban J connectivity index is -0.00000120. The molecule has 0 aromatic heterocycles. The molecule has 0 bridgehead atoms. The van der Waals surface area contributed by atoms with Crippen molar-refractivity contribution in [2.75, 3.05) is 46.3 Å². The second-order valence-corrected chi connectivity index (χ2v) is 6.63. The van der Waals surface area contributed by atoms with Gasteiger partial charge in [-0.05, 0) is 25.4 Å². The van der Waals surface area contributed by atoms with E-state index in [0.717, 1.165) is 45.7 Å². The zero-order valence-electron chi connectivity index (χ0n) is 14.1. The highest BCUT2D eigenvalue weighted by molar-refractivity contribution is 5.86. The molecule has 0 aromatic carbocycles. The van der Waals surface area contributed by atoms with Gasteiger partial charge in [0.2, 0.25) is 5.91 Å². The van der Waals surface area contributed by atoms with E-state index in [-0.39, 0.29) is 48.5 Å². The summed E-state index contributed by atoms with van der Waals surface area (Å²) in [6, 6.07) is -0.434. The molecule has 0 unspecified atom stereocenters. The number of amides is 1. The Labute approximate surface area is 154 Å². The monoisotopic (exact) mass is 378 g/mol. The van der Waals surface area contributed by atoms with Gasteiger partial charge in [-0.2, -0.15) is 0 Å². The zero-order chi connectivity index (χ0) is 14.5. The van der Waals surface area contributed by atoms with Crippen LogP contribution in [0, 0.1) is 5.41 Å². The summed E-state index contributed by atoms with van der Waals surface area (Å²) in [5.41, 5.74) is 5.73. The van der Waals surface area contributed by atoms with Crippen molar-refractivity contribution < 1.29 is 4.79 Å². The lowest BCUT2D eigenvalue weighted by molar-refractivity contribution is -0.124. The molecule has 136 valence electrons. The number of nitrogens with two attached hydrogens (primary N) is 1. The van der Waals surface area contributed by atoms with Gasteiger partial charge in [0.15, 0.2) is 0 Å². The number of nitrogens with zero attached hydrogens (tertiary/aromatic N) is 2. The van der Waals surface area contributed by atoms with Crippen LogP contribution in [0.5, 0.6) is 0 Å². The lowest BCUT2D eigenvalue weighted by atomic mass is 9.87. The highest BCUT2D eigenvalue weighted by Gasteiger charge is 2.26. The summed E-state index contributed by atoms with van der Waals surface area (Å²) in [6.07, 6.45) is 0.992. The smallest absolute Gasteiger partial charge is 0.237 e. The number of piperazine rings is 1. The lowest BCUT2D eigenvalue weighted by Crippen LogP contribution is -2.49. The van der Waals surface area contributed by atoms with Crippen LogP contribution in [0.4, 0.5) is 0 Å². The van der Waals surface area contributed by atoms with E-state index < -0.39 is 6.04 Å². The number of hydrogen-bond acceptors (Lipinski definition) is 4. The maximum absolute atomic E-state index is 11.8. The van der Waals surface area contributed by atoms with Crippen LogP contribution in [-0.2, 0) is 4.79 Å². The third kappa shape index (κ3) is 10.1. The van der Waals surface area contributed by atoms with Crippen molar-refractivity contribution in [2.24, 2.45) is 11.1 Å². The first-order chi connectivity index (χ1) is 8.80. The maximum atomic E-state index is 11.8. The zero-order valence-corrected chi connectivity index (χ0v) is 16.6. The molecule has 22 heavy (non-hydrogen) atoms. The molecule has 1 aliphatic heterocycles. The molecule has 5 nitrogen and oxygen atoms in total. The Morgan fingerprint density at radius 3 is 2.09 bits per heavy atom. The Hall–Kier alpha value is 0.220. The highest BCUT2D eigenvalue weighted by atomic mass is 35.5. The molecule has 0 spiro atoms. The average Bonchev–Trinajstić information content (AvgIpc) is 2.34. The molecule has 0 aliphatic carbocycles. The Morgan fingerprint density at radius 2 is 1.64 bits per heavy atom. The first-order valence-electron chi connectivity index (χ1n) is 7.25. The van der Waals surface area contributed by atoms with Crippen LogP contribution in [0.3, 0.4) is 0 Å². The van der Waals surface area contributed by atoms with Crippen molar-refractivity contribution in [3.63, 3.8) is 0 Å². The lowest BCUT2D eigenvalue weighted by Gasteiger charge is -2.32. The van der Waals surface area contributed by atoms with Crippen molar-refractivity contribution in [1.82, 2.24) is 15.1 Å². The van der Waals surface area contributed by atoms with Gasteiger partial charge < -0.3 is 20.9 Å². The second-order valence-electron chi connectivity index (χ2n) is 6.63. The number of carbonyl (C=O) groups is 1. The van der Waals surface area contributed by atoms with Gasteiger partial charge in [-0.3, -0.25) is 4.79 Å². The normalized spacial score (nSPS) is 17.5. The van der Waals surface area contributed by atoms with Crippen molar-refractivity contribution in [3.05, 3.63) is 0 Å². The molecule has 1 amide bonds. The summed E-state index contributed by atoms with van der Waals surface area (Å²) in [7, 11) is 2.16. The van der Waals surface area contributed by atoms with Gasteiger partial charge in [0.25, 0.3) is 0 Å². The molecule has 1 aliphatic rings. The molecule has 1 heterocycles. The summed E-state index contributed by atoms with van der Waals surface area (Å²) in [4.78, 5) is 16.6. The van der Waals surface area contributed by atoms with E-state index in [1.807, 2.05) is 20.8 Å². The van der Waals surface area contributed by atoms with Crippen LogP contribution < -0.4 is 11.1 Å². The van der Waals surface area contributed by atoms with Crippen LogP contribution >= 0.6 is 37.2 Å². The number of carbonyl (C=O) groups excluding carboxylic acids is 1. The van der Waals surface area contributed by atoms with Crippen LogP contribution in [0.2, 0.25) is 0 Å². The minimum absolute atomic E-state index is 0. The van der Waals surface area contributed by atoms with E-state index in [1.165, 1.54) is 0 Å². The van der Waals surface area contributed by atoms with Crippen LogP contribution in [-0.4, -0.2) is 68.1 Å². The second kappa shape index (κ2) is 12.6. The van der Waals surface area contributed by atoms with Crippen LogP contribution in [0.15, 0.2) is 0 Å². The molecule has 1 rings (SSSR count). The number of halogens is 3. The van der Waals surface area contributed by atoms with E-state index in [2.05, 4.69) is 22.2 Å². The molecular formula is C14H33Cl3N4O. The van der Waals surface area contributed by atoms with E-state index in [0.29, 0.717) is 0 Å². The molecule has 3 N–H and O–H groups in total. The molecule has 0 radical (unpaired) electrons. The summed E-state index contributed by atoms with van der Waals surface area (Å²) < 4.78 is 0. The number of rotatable bonds is 5. The Morgan fingerprint density at radius 1 is 1.14 bits per heavy atom. The molecule has 1 atom stereocenters. The van der Waals surface area contributed by atoms with Gasteiger partial charge in [-0.15, -0.1) is 37.2 Å². The predicted octanol–water partition coefficient (Wildman–Crippen LogP) is 1.38. The van der Waals surface area contributed by atoms with Crippen molar-refractivity contribution >= 4 is 43.1 Å². The largest absolute Gasteiger partial charge is 0.355 e. The topological polar surface area (TPSA) is 61.6 Å². The van der Waals surface area contributed by atoms with Gasteiger partial charge in [-0.25, -0.2) is 0 Å². The fourth-order valence-electron chi connectivity index (χ4n) is 2.09. The fourth-order valence-corrected chi connectivity index (χ4v) is 2.09. The fraction of sp³-hybridized carbons (Fsp3) is 0.929. The summed E-state index contributed by atoms with van der Waals surface area (Å²) in [5.74, 6) is -0.0362. The Kier molecular flexibility index (Phi) is 15.5. The molecular weight excluding hydrogens is 347 g/mol. The van der Waals surface area contributed by atoms with Gasteiger partial charge in [0.1, 0.15) is 0 Å². The summed E-state index contributed by atoms with van der Waals surface area (Å²) in [5, 5.41) is 2.94. The van der Waals surface area contributed by atoms with Gasteiger partial charge in [0.05, 0.1) is 6.04 Å². The SMILES string of the molecule is CN1CCN(CCCNC(=O)[C@@H](N)C(C)(C)C)CC1.Cl.Cl.Cl. The van der Waals surface area contributed by atoms with Gasteiger partial charge in [0, 0.05) is 32.7 Å². The van der Waals surface area contributed by atoms with Gasteiger partial charge >= 0.3 is 0 Å². The van der Waals surface area contributed by atoms with E-state index in [9.17, 15) is 4.79 Å². The third-order valence-electron chi connectivity index (χ3n) is 3.76. The maximum Gasteiger partial charge on any atom is 0.237 e. The van der Waals surface area contributed by atoms with Crippen LogP contribution in [0.25, 0.3) is 0 Å². The number of nitrogens with one attached hydrogen (secondary N) is 1. The summed E-state index contributed by atoms with van der Waals surface area (Å²) >= 11 is 0.